The maximum atomic E-state index is 13.4. The molecule has 1 fully saturated rings. The van der Waals surface area contributed by atoms with Crippen molar-refractivity contribution in [3.8, 4) is 0 Å². The predicted octanol–water partition coefficient (Wildman–Crippen LogP) is 3.87. The third-order valence-electron chi connectivity index (χ3n) is 4.92. The number of hydrogen-bond acceptors (Lipinski definition) is 2. The van der Waals surface area contributed by atoms with Gasteiger partial charge in [0.25, 0.3) is 0 Å². The smallest absolute Gasteiger partial charge is 0.396 e. The van der Waals surface area contributed by atoms with E-state index in [0.717, 1.165) is 12.8 Å². The predicted molar refractivity (Wildman–Crippen MR) is 86.0 cm³/mol. The van der Waals surface area contributed by atoms with Crippen molar-refractivity contribution < 1.29 is 27.9 Å². The van der Waals surface area contributed by atoms with E-state index in [1.54, 1.807) is 13.0 Å². The van der Waals surface area contributed by atoms with Crippen LogP contribution in [0.25, 0.3) is 0 Å². The molecule has 7 heteroatoms. The molecule has 0 saturated heterocycles. The largest absolute Gasteiger partial charge is 0.481 e. The highest BCUT2D eigenvalue weighted by molar-refractivity contribution is 5.80. The molecule has 1 aromatic carbocycles. The van der Waals surface area contributed by atoms with E-state index in [0.29, 0.717) is 12.8 Å². The molecular formula is C18H22F3NO3. The number of carbonyl (C=O) groups excluding carboxylic acids is 1. The zero-order chi connectivity index (χ0) is 18.7. The number of nitrogens with one attached hydrogen (secondary N) is 1. The first-order valence-corrected chi connectivity index (χ1v) is 8.29. The number of rotatable bonds is 5. The van der Waals surface area contributed by atoms with Crippen molar-refractivity contribution in [2.24, 2.45) is 5.92 Å². The average Bonchev–Trinajstić information content (AvgIpc) is 2.52. The second-order valence-corrected chi connectivity index (χ2v) is 6.81. The molecule has 2 rings (SSSR count). The molecule has 4 nitrogen and oxygen atoms in total. The van der Waals surface area contributed by atoms with Crippen molar-refractivity contribution in [3.05, 3.63) is 35.9 Å². The third kappa shape index (κ3) is 4.74. The molecule has 3 unspecified atom stereocenters. The number of halogens is 3. The number of carbonyl (C=O) groups is 2. The van der Waals surface area contributed by atoms with E-state index in [2.05, 4.69) is 5.32 Å². The Kier molecular flexibility index (Phi) is 5.75. The van der Waals surface area contributed by atoms with Gasteiger partial charge < -0.3 is 10.4 Å². The Balaban J connectivity index is 2.14. The Morgan fingerprint density at radius 1 is 1.28 bits per heavy atom. The lowest BCUT2D eigenvalue weighted by Gasteiger charge is -2.40. The van der Waals surface area contributed by atoms with Crippen LogP contribution >= 0.6 is 0 Å². The molecule has 0 aromatic heterocycles. The molecule has 1 aliphatic carbocycles. The monoisotopic (exact) mass is 357 g/mol. The van der Waals surface area contributed by atoms with Gasteiger partial charge in [0, 0.05) is 6.42 Å². The summed E-state index contributed by atoms with van der Waals surface area (Å²) in [4.78, 5) is 23.7. The first-order valence-electron chi connectivity index (χ1n) is 8.29. The van der Waals surface area contributed by atoms with Crippen molar-refractivity contribution in [2.45, 2.75) is 56.7 Å². The Labute approximate surface area is 144 Å². The first kappa shape index (κ1) is 19.3. The van der Waals surface area contributed by atoms with Crippen molar-refractivity contribution in [1.29, 1.82) is 0 Å². The summed E-state index contributed by atoms with van der Waals surface area (Å²) < 4.78 is 40.1. The summed E-state index contributed by atoms with van der Waals surface area (Å²) in [5.74, 6) is -4.50. The van der Waals surface area contributed by atoms with Crippen molar-refractivity contribution >= 4 is 11.9 Å². The minimum absolute atomic E-state index is 0.0220. The summed E-state index contributed by atoms with van der Waals surface area (Å²) in [6, 6.07) is 7.28. The second-order valence-electron chi connectivity index (χ2n) is 6.81. The lowest BCUT2D eigenvalue weighted by Crippen LogP contribution is -2.55. The molecule has 0 radical (unpaired) electrons. The number of benzene rings is 1. The van der Waals surface area contributed by atoms with Crippen LogP contribution in [0.3, 0.4) is 0 Å². The van der Waals surface area contributed by atoms with Gasteiger partial charge in [-0.1, -0.05) is 43.2 Å². The molecule has 3 atom stereocenters. The molecule has 0 heterocycles. The highest BCUT2D eigenvalue weighted by atomic mass is 19.4. The molecule has 0 spiro atoms. The quantitative estimate of drug-likeness (QED) is 0.841. The lowest BCUT2D eigenvalue weighted by atomic mass is 9.73. The number of carboxylic acid groups (broad SMARTS) is 1. The van der Waals surface area contributed by atoms with Crippen LogP contribution in [0.1, 0.15) is 50.5 Å². The number of hydrogen-bond donors (Lipinski definition) is 2. The van der Waals surface area contributed by atoms with Gasteiger partial charge in [-0.2, -0.15) is 13.2 Å². The highest BCUT2D eigenvalue weighted by Gasteiger charge is 2.45. The van der Waals surface area contributed by atoms with Crippen LogP contribution in [0.15, 0.2) is 30.3 Å². The second kappa shape index (κ2) is 7.45. The number of aliphatic carboxylic acids is 1. The van der Waals surface area contributed by atoms with Gasteiger partial charge in [0.15, 0.2) is 0 Å². The van der Waals surface area contributed by atoms with E-state index < -0.39 is 41.8 Å². The van der Waals surface area contributed by atoms with Gasteiger partial charge in [-0.05, 0) is 25.3 Å². The van der Waals surface area contributed by atoms with Crippen molar-refractivity contribution in [2.75, 3.05) is 0 Å². The van der Waals surface area contributed by atoms with Gasteiger partial charge in [0.05, 0.1) is 17.4 Å². The first-order chi connectivity index (χ1) is 11.6. The molecule has 0 bridgehead atoms. The van der Waals surface area contributed by atoms with Crippen molar-refractivity contribution in [3.63, 3.8) is 0 Å². The minimum atomic E-state index is -4.56. The molecule has 2 N–H and O–H groups in total. The third-order valence-corrected chi connectivity index (χ3v) is 4.92. The Bertz CT molecular complexity index is 618. The van der Waals surface area contributed by atoms with Gasteiger partial charge in [-0.3, -0.25) is 9.59 Å². The minimum Gasteiger partial charge on any atom is -0.481 e. The lowest BCUT2D eigenvalue weighted by molar-refractivity contribution is -0.159. The van der Waals surface area contributed by atoms with Gasteiger partial charge in [-0.25, -0.2) is 0 Å². The number of amides is 1. The van der Waals surface area contributed by atoms with Crippen LogP contribution in [-0.2, 0) is 9.59 Å². The fourth-order valence-electron chi connectivity index (χ4n) is 3.54. The molecule has 1 aromatic rings. The van der Waals surface area contributed by atoms with E-state index >= 15 is 0 Å². The van der Waals surface area contributed by atoms with Gasteiger partial charge >= 0.3 is 12.1 Å². The Morgan fingerprint density at radius 2 is 1.92 bits per heavy atom. The topological polar surface area (TPSA) is 66.4 Å². The molecule has 1 aliphatic rings. The fourth-order valence-corrected chi connectivity index (χ4v) is 3.54. The summed E-state index contributed by atoms with van der Waals surface area (Å²) in [7, 11) is 0. The van der Waals surface area contributed by atoms with E-state index in [-0.39, 0.29) is 5.56 Å². The van der Waals surface area contributed by atoms with Gasteiger partial charge in [0.2, 0.25) is 5.91 Å². The van der Waals surface area contributed by atoms with Crippen LogP contribution in [0.2, 0.25) is 0 Å². The molecule has 1 saturated carbocycles. The SMILES string of the molecule is CC1(NC(=O)CC(c2ccccc2)C(F)(F)F)CCCCC1C(=O)O. The van der Waals surface area contributed by atoms with Crippen molar-refractivity contribution in [1.82, 2.24) is 5.32 Å². The number of alkyl halides is 3. The van der Waals surface area contributed by atoms with Crippen LogP contribution in [0, 0.1) is 5.92 Å². The Morgan fingerprint density at radius 3 is 2.48 bits per heavy atom. The number of carboxylic acids is 1. The average molecular weight is 357 g/mol. The summed E-state index contributed by atoms with van der Waals surface area (Å²) in [6.07, 6.45) is -2.99. The van der Waals surface area contributed by atoms with E-state index in [1.807, 2.05) is 0 Å². The summed E-state index contributed by atoms with van der Waals surface area (Å²) in [5.41, 5.74) is -0.998. The summed E-state index contributed by atoms with van der Waals surface area (Å²) in [6.45, 7) is 1.61. The van der Waals surface area contributed by atoms with Crippen LogP contribution in [0.4, 0.5) is 13.2 Å². The molecular weight excluding hydrogens is 335 g/mol. The standard InChI is InChI=1S/C18H22F3NO3/c1-17(10-6-5-9-13(17)16(24)25)22-15(23)11-14(18(19,20)21)12-7-3-2-4-8-12/h2-4,7-8,13-14H,5-6,9-11H2,1H3,(H,22,23)(H,24,25). The molecule has 0 aliphatic heterocycles. The van der Waals surface area contributed by atoms with E-state index in [1.165, 1.54) is 24.3 Å². The fraction of sp³-hybridized carbons (Fsp3) is 0.556. The van der Waals surface area contributed by atoms with Crippen LogP contribution in [-0.4, -0.2) is 28.7 Å². The summed E-state index contributed by atoms with van der Waals surface area (Å²) >= 11 is 0. The van der Waals surface area contributed by atoms with E-state index in [9.17, 15) is 27.9 Å². The maximum absolute atomic E-state index is 13.4. The van der Waals surface area contributed by atoms with Crippen LogP contribution < -0.4 is 5.32 Å². The molecule has 25 heavy (non-hydrogen) atoms. The van der Waals surface area contributed by atoms with Gasteiger partial charge in [-0.15, -0.1) is 0 Å². The van der Waals surface area contributed by atoms with Gasteiger partial charge in [0.1, 0.15) is 0 Å². The zero-order valence-electron chi connectivity index (χ0n) is 14.0. The Hall–Kier alpha value is -2.05. The zero-order valence-corrected chi connectivity index (χ0v) is 14.0. The molecule has 138 valence electrons. The maximum Gasteiger partial charge on any atom is 0.396 e. The normalized spacial score (nSPS) is 25.2. The highest BCUT2D eigenvalue weighted by Crippen LogP contribution is 2.38. The van der Waals surface area contributed by atoms with Crippen LogP contribution in [0.5, 0.6) is 0 Å². The summed E-state index contributed by atoms with van der Waals surface area (Å²) in [5, 5.41) is 11.9. The van der Waals surface area contributed by atoms with E-state index in [4.69, 9.17) is 0 Å². The molecule has 1 amide bonds.